The van der Waals surface area contributed by atoms with E-state index >= 15 is 0 Å². The number of furan rings is 1. The summed E-state index contributed by atoms with van der Waals surface area (Å²) in [5, 5.41) is 5.04. The first-order valence-corrected chi connectivity index (χ1v) is 8.42. The summed E-state index contributed by atoms with van der Waals surface area (Å²) in [5.74, 6) is 1.26. The highest BCUT2D eigenvalue weighted by molar-refractivity contribution is 6.33. The van der Waals surface area contributed by atoms with Crippen LogP contribution in [0.1, 0.15) is 5.76 Å². The summed E-state index contributed by atoms with van der Waals surface area (Å²) in [6.45, 7) is -0.165. The van der Waals surface area contributed by atoms with E-state index in [-0.39, 0.29) is 6.61 Å². The van der Waals surface area contributed by atoms with Crippen molar-refractivity contribution in [2.75, 3.05) is 6.61 Å². The predicted octanol–water partition coefficient (Wildman–Crippen LogP) is 4.78. The van der Waals surface area contributed by atoms with Gasteiger partial charge in [0.25, 0.3) is 5.91 Å². The standard InChI is InChI=1S/C19H14Cl2N2O3/c20-13-5-7-14(8-6-13)25-12-19(24)23-22-11-15-9-10-18(26-15)16-3-1-2-4-17(16)21/h1-11H,12H2,(H,23,24). The van der Waals surface area contributed by atoms with Crippen LogP contribution in [-0.2, 0) is 4.79 Å². The maximum atomic E-state index is 11.7. The molecule has 0 fully saturated rings. The Morgan fingerprint density at radius 1 is 1.08 bits per heavy atom. The predicted molar refractivity (Wildman–Crippen MR) is 102 cm³/mol. The number of hydrazone groups is 1. The van der Waals surface area contributed by atoms with Crippen molar-refractivity contribution >= 4 is 35.3 Å². The number of nitrogens with zero attached hydrogens (tertiary/aromatic N) is 1. The van der Waals surface area contributed by atoms with Crippen LogP contribution >= 0.6 is 23.2 Å². The summed E-state index contributed by atoms with van der Waals surface area (Å²) in [7, 11) is 0. The average Bonchev–Trinajstić information content (AvgIpc) is 3.10. The molecule has 3 aromatic rings. The third kappa shape index (κ3) is 4.88. The van der Waals surface area contributed by atoms with Crippen LogP contribution in [0.15, 0.2) is 70.2 Å². The van der Waals surface area contributed by atoms with Gasteiger partial charge >= 0.3 is 0 Å². The maximum Gasteiger partial charge on any atom is 0.277 e. The summed E-state index contributed by atoms with van der Waals surface area (Å²) in [6, 6.07) is 17.6. The molecule has 132 valence electrons. The first-order valence-electron chi connectivity index (χ1n) is 7.67. The van der Waals surface area contributed by atoms with Crippen LogP contribution in [-0.4, -0.2) is 18.7 Å². The van der Waals surface area contributed by atoms with Crippen LogP contribution < -0.4 is 10.2 Å². The number of nitrogens with one attached hydrogen (secondary N) is 1. The lowest BCUT2D eigenvalue weighted by Gasteiger charge is -2.04. The van der Waals surface area contributed by atoms with E-state index in [0.29, 0.717) is 27.3 Å². The van der Waals surface area contributed by atoms with Gasteiger partial charge < -0.3 is 9.15 Å². The number of ether oxygens (including phenoxy) is 1. The largest absolute Gasteiger partial charge is 0.484 e. The van der Waals surface area contributed by atoms with Crippen molar-refractivity contribution in [3.05, 3.63) is 76.5 Å². The molecular weight excluding hydrogens is 375 g/mol. The number of rotatable bonds is 6. The minimum absolute atomic E-state index is 0.165. The Kier molecular flexibility index (Phi) is 5.94. The minimum atomic E-state index is -0.394. The fourth-order valence-corrected chi connectivity index (χ4v) is 2.46. The molecule has 0 atom stereocenters. The third-order valence-corrected chi connectivity index (χ3v) is 3.91. The van der Waals surface area contributed by atoms with E-state index in [9.17, 15) is 4.79 Å². The topological polar surface area (TPSA) is 63.8 Å². The molecule has 1 heterocycles. The Hall–Kier alpha value is -2.76. The van der Waals surface area contributed by atoms with Gasteiger partial charge in [0.05, 0.1) is 11.2 Å². The van der Waals surface area contributed by atoms with Crippen molar-refractivity contribution < 1.29 is 13.9 Å². The van der Waals surface area contributed by atoms with Crippen LogP contribution in [0.4, 0.5) is 0 Å². The fraction of sp³-hybridized carbons (Fsp3) is 0.0526. The molecule has 1 amide bonds. The molecule has 0 bridgehead atoms. The molecule has 0 aliphatic carbocycles. The van der Waals surface area contributed by atoms with Crippen LogP contribution in [0.3, 0.4) is 0 Å². The van der Waals surface area contributed by atoms with Crippen molar-refractivity contribution in [3.8, 4) is 17.1 Å². The molecule has 1 N–H and O–H groups in total. The van der Waals surface area contributed by atoms with Gasteiger partial charge in [-0.25, -0.2) is 5.43 Å². The van der Waals surface area contributed by atoms with Gasteiger partial charge in [0.15, 0.2) is 6.61 Å². The van der Waals surface area contributed by atoms with E-state index in [1.807, 2.05) is 18.2 Å². The van der Waals surface area contributed by atoms with E-state index in [1.165, 1.54) is 6.21 Å². The van der Waals surface area contributed by atoms with E-state index in [2.05, 4.69) is 10.5 Å². The number of carbonyl (C=O) groups is 1. The zero-order valence-electron chi connectivity index (χ0n) is 13.5. The first-order chi connectivity index (χ1) is 12.6. The zero-order valence-corrected chi connectivity index (χ0v) is 15.0. The van der Waals surface area contributed by atoms with E-state index < -0.39 is 5.91 Å². The second-order valence-electron chi connectivity index (χ2n) is 5.22. The summed E-state index contributed by atoms with van der Waals surface area (Å²) >= 11 is 11.9. The molecule has 7 heteroatoms. The summed E-state index contributed by atoms with van der Waals surface area (Å²) < 4.78 is 11.0. The number of hydrogen-bond donors (Lipinski definition) is 1. The highest BCUT2D eigenvalue weighted by atomic mass is 35.5. The minimum Gasteiger partial charge on any atom is -0.484 e. The monoisotopic (exact) mass is 388 g/mol. The molecule has 2 aromatic carbocycles. The molecule has 0 spiro atoms. The van der Waals surface area contributed by atoms with Crippen molar-refractivity contribution in [2.45, 2.75) is 0 Å². The van der Waals surface area contributed by atoms with Gasteiger partial charge in [-0.3, -0.25) is 4.79 Å². The fourth-order valence-electron chi connectivity index (χ4n) is 2.11. The van der Waals surface area contributed by atoms with Gasteiger partial charge in [-0.15, -0.1) is 0 Å². The molecule has 0 aliphatic heterocycles. The summed E-state index contributed by atoms with van der Waals surface area (Å²) in [4.78, 5) is 11.7. The Morgan fingerprint density at radius 2 is 1.85 bits per heavy atom. The number of amides is 1. The van der Waals surface area contributed by atoms with Crippen molar-refractivity contribution in [3.63, 3.8) is 0 Å². The maximum absolute atomic E-state index is 11.7. The SMILES string of the molecule is O=C(COc1ccc(Cl)cc1)NN=Cc1ccc(-c2ccccc2Cl)o1. The normalized spacial score (nSPS) is 10.8. The summed E-state index contributed by atoms with van der Waals surface area (Å²) in [6.07, 6.45) is 1.40. The lowest BCUT2D eigenvalue weighted by molar-refractivity contribution is -0.123. The number of carbonyl (C=O) groups excluding carboxylic acids is 1. The third-order valence-electron chi connectivity index (χ3n) is 3.33. The lowest BCUT2D eigenvalue weighted by Crippen LogP contribution is -2.24. The molecule has 1 aromatic heterocycles. The Balaban J connectivity index is 1.51. The molecule has 0 saturated carbocycles. The zero-order chi connectivity index (χ0) is 18.4. The van der Waals surface area contributed by atoms with Gasteiger partial charge in [0.1, 0.15) is 17.3 Å². The molecule has 0 saturated heterocycles. The van der Waals surface area contributed by atoms with Crippen LogP contribution in [0.5, 0.6) is 5.75 Å². The Bertz CT molecular complexity index is 921. The van der Waals surface area contributed by atoms with E-state index in [1.54, 1.807) is 42.5 Å². The molecule has 0 aliphatic rings. The quantitative estimate of drug-likeness (QED) is 0.487. The molecule has 26 heavy (non-hydrogen) atoms. The van der Waals surface area contributed by atoms with Crippen LogP contribution in [0.2, 0.25) is 10.0 Å². The van der Waals surface area contributed by atoms with Crippen LogP contribution in [0, 0.1) is 0 Å². The first kappa shape index (κ1) is 18.0. The Morgan fingerprint density at radius 3 is 2.62 bits per heavy atom. The van der Waals surface area contributed by atoms with Crippen molar-refractivity contribution in [2.24, 2.45) is 5.10 Å². The lowest BCUT2D eigenvalue weighted by atomic mass is 10.2. The van der Waals surface area contributed by atoms with Gasteiger partial charge in [-0.2, -0.15) is 5.10 Å². The second kappa shape index (κ2) is 8.56. The molecule has 0 radical (unpaired) electrons. The number of halogens is 2. The summed E-state index contributed by atoms with van der Waals surface area (Å²) in [5.41, 5.74) is 3.15. The van der Waals surface area contributed by atoms with Crippen molar-refractivity contribution in [1.82, 2.24) is 5.43 Å². The molecule has 3 rings (SSSR count). The van der Waals surface area contributed by atoms with Gasteiger partial charge in [-0.1, -0.05) is 35.3 Å². The average molecular weight is 389 g/mol. The molecule has 0 unspecified atom stereocenters. The highest BCUT2D eigenvalue weighted by Gasteiger charge is 2.07. The Labute approximate surface area is 160 Å². The highest BCUT2D eigenvalue weighted by Crippen LogP contribution is 2.28. The molecular formula is C19H14Cl2N2O3. The second-order valence-corrected chi connectivity index (χ2v) is 6.06. The molecule has 5 nitrogen and oxygen atoms in total. The van der Waals surface area contributed by atoms with Crippen LogP contribution in [0.25, 0.3) is 11.3 Å². The number of hydrogen-bond acceptors (Lipinski definition) is 4. The van der Waals surface area contributed by atoms with E-state index in [0.717, 1.165) is 5.56 Å². The van der Waals surface area contributed by atoms with Gasteiger partial charge in [0.2, 0.25) is 0 Å². The van der Waals surface area contributed by atoms with Gasteiger partial charge in [-0.05, 0) is 48.5 Å². The van der Waals surface area contributed by atoms with Gasteiger partial charge in [0, 0.05) is 10.6 Å². The van der Waals surface area contributed by atoms with Crippen molar-refractivity contribution in [1.29, 1.82) is 0 Å². The smallest absolute Gasteiger partial charge is 0.277 e. The van der Waals surface area contributed by atoms with E-state index in [4.69, 9.17) is 32.4 Å². The number of benzene rings is 2.